The maximum absolute atomic E-state index is 4.32. The van der Waals surface area contributed by atoms with Crippen molar-refractivity contribution < 1.29 is 0 Å². The van der Waals surface area contributed by atoms with E-state index in [-0.39, 0.29) is 0 Å². The highest BCUT2D eigenvalue weighted by atomic mass is 32.2. The number of para-hydroxylation sites is 1. The van der Waals surface area contributed by atoms with Gasteiger partial charge in [-0.1, -0.05) is 72.4 Å². The molecule has 23 heavy (non-hydrogen) atoms. The Morgan fingerprint density at radius 3 is 2.48 bits per heavy atom. The summed E-state index contributed by atoms with van der Waals surface area (Å²) in [6.07, 6.45) is 4.29. The number of benzene rings is 2. The molecule has 3 nitrogen and oxygen atoms in total. The minimum absolute atomic E-state index is 0.860. The van der Waals surface area contributed by atoms with Gasteiger partial charge < -0.3 is 0 Å². The largest absolute Gasteiger partial charge is 0.274 e. The van der Waals surface area contributed by atoms with Crippen molar-refractivity contribution in [3.8, 4) is 5.69 Å². The summed E-state index contributed by atoms with van der Waals surface area (Å²) in [5, 5.41) is 9.48. The lowest BCUT2D eigenvalue weighted by atomic mass is 10.2. The van der Waals surface area contributed by atoms with Gasteiger partial charge in [-0.25, -0.2) is 0 Å². The maximum atomic E-state index is 4.32. The average Bonchev–Trinajstić information content (AvgIpc) is 2.94. The molecule has 0 unspecified atom stereocenters. The van der Waals surface area contributed by atoms with E-state index in [9.17, 15) is 0 Å². The third-order valence-electron chi connectivity index (χ3n) is 3.57. The molecule has 116 valence electrons. The molecule has 0 bridgehead atoms. The summed E-state index contributed by atoms with van der Waals surface area (Å²) in [4.78, 5) is 0. The Bertz CT molecular complexity index is 806. The number of aromatic nitrogens is 3. The predicted molar refractivity (Wildman–Crippen MR) is 97.0 cm³/mol. The average molecular weight is 321 g/mol. The van der Waals surface area contributed by atoms with Crippen LogP contribution in [-0.4, -0.2) is 20.5 Å². The predicted octanol–water partition coefficient (Wildman–Crippen LogP) is 4.69. The molecule has 0 atom stereocenters. The Labute approximate surface area is 141 Å². The van der Waals surface area contributed by atoms with Crippen molar-refractivity contribution in [2.45, 2.75) is 19.0 Å². The van der Waals surface area contributed by atoms with E-state index in [2.05, 4.69) is 58.1 Å². The fraction of sp³-hybridized carbons (Fsp3) is 0.158. The molecule has 0 spiro atoms. The van der Waals surface area contributed by atoms with Gasteiger partial charge in [0.2, 0.25) is 0 Å². The van der Waals surface area contributed by atoms with E-state index < -0.39 is 0 Å². The van der Waals surface area contributed by atoms with Crippen LogP contribution in [-0.2, 0) is 0 Å². The van der Waals surface area contributed by atoms with Gasteiger partial charge in [0.05, 0.1) is 5.69 Å². The molecule has 0 N–H and O–H groups in total. The van der Waals surface area contributed by atoms with E-state index in [1.54, 1.807) is 11.8 Å². The molecule has 2 aromatic carbocycles. The molecule has 3 aromatic rings. The number of nitrogens with zero attached hydrogens (tertiary/aromatic N) is 3. The number of rotatable bonds is 5. The summed E-state index contributed by atoms with van der Waals surface area (Å²) < 4.78 is 2.12. The summed E-state index contributed by atoms with van der Waals surface area (Å²) >= 11 is 1.69. The van der Waals surface area contributed by atoms with E-state index in [0.717, 1.165) is 22.4 Å². The van der Waals surface area contributed by atoms with Gasteiger partial charge in [-0.05, 0) is 31.0 Å². The summed E-state index contributed by atoms with van der Waals surface area (Å²) in [6, 6.07) is 18.6. The lowest BCUT2D eigenvalue weighted by Crippen LogP contribution is -2.01. The number of hydrogen-bond donors (Lipinski definition) is 0. The van der Waals surface area contributed by atoms with E-state index in [4.69, 9.17) is 0 Å². The number of thioether (sulfide) groups is 1. The lowest BCUT2D eigenvalue weighted by molar-refractivity contribution is 0.863. The second kappa shape index (κ2) is 7.29. The van der Waals surface area contributed by atoms with Crippen LogP contribution in [0.1, 0.15) is 17.0 Å². The standard InChI is InChI=1S/C19H19N3S/c1-15-9-6-7-13-18(15)22-16(2)20-21-19(22)23-14-8-12-17-10-4-3-5-11-17/h3-13H,14H2,1-2H3. The Morgan fingerprint density at radius 1 is 0.957 bits per heavy atom. The third kappa shape index (κ3) is 3.71. The molecule has 0 saturated heterocycles. The van der Waals surface area contributed by atoms with Crippen molar-refractivity contribution in [2.75, 3.05) is 5.75 Å². The van der Waals surface area contributed by atoms with Crippen LogP contribution in [0.4, 0.5) is 0 Å². The summed E-state index contributed by atoms with van der Waals surface area (Å²) in [6.45, 7) is 4.10. The Balaban J connectivity index is 1.75. The van der Waals surface area contributed by atoms with E-state index >= 15 is 0 Å². The van der Waals surface area contributed by atoms with Crippen LogP contribution in [0, 0.1) is 13.8 Å². The van der Waals surface area contributed by atoms with Gasteiger partial charge in [-0.2, -0.15) is 0 Å². The normalized spacial score (nSPS) is 11.2. The molecule has 0 saturated carbocycles. The molecule has 4 heteroatoms. The van der Waals surface area contributed by atoms with E-state index in [0.29, 0.717) is 0 Å². The number of aryl methyl sites for hydroxylation is 2. The first kappa shape index (κ1) is 15.6. The lowest BCUT2D eigenvalue weighted by Gasteiger charge is -2.10. The van der Waals surface area contributed by atoms with Crippen molar-refractivity contribution in [3.63, 3.8) is 0 Å². The third-order valence-corrected chi connectivity index (χ3v) is 4.45. The van der Waals surface area contributed by atoms with Crippen LogP contribution < -0.4 is 0 Å². The van der Waals surface area contributed by atoms with Gasteiger partial charge in [-0.15, -0.1) is 10.2 Å². The first-order valence-electron chi connectivity index (χ1n) is 7.58. The van der Waals surface area contributed by atoms with Gasteiger partial charge in [0.1, 0.15) is 5.82 Å². The minimum Gasteiger partial charge on any atom is -0.274 e. The van der Waals surface area contributed by atoms with Gasteiger partial charge in [-0.3, -0.25) is 4.57 Å². The molecule has 1 aromatic heterocycles. The number of hydrogen-bond acceptors (Lipinski definition) is 3. The molecule has 0 fully saturated rings. The van der Waals surface area contributed by atoms with Crippen molar-refractivity contribution in [2.24, 2.45) is 0 Å². The van der Waals surface area contributed by atoms with Crippen molar-refractivity contribution in [1.29, 1.82) is 0 Å². The fourth-order valence-electron chi connectivity index (χ4n) is 2.40. The topological polar surface area (TPSA) is 30.7 Å². The second-order valence-electron chi connectivity index (χ2n) is 5.28. The van der Waals surface area contributed by atoms with Gasteiger partial charge >= 0.3 is 0 Å². The molecular weight excluding hydrogens is 302 g/mol. The fourth-order valence-corrected chi connectivity index (χ4v) is 3.20. The van der Waals surface area contributed by atoms with Crippen LogP contribution in [0.3, 0.4) is 0 Å². The molecule has 0 amide bonds. The molecule has 1 heterocycles. The first-order chi connectivity index (χ1) is 11.3. The smallest absolute Gasteiger partial charge is 0.196 e. The quantitative estimate of drug-likeness (QED) is 0.639. The van der Waals surface area contributed by atoms with Crippen molar-refractivity contribution in [1.82, 2.24) is 14.8 Å². The minimum atomic E-state index is 0.860. The van der Waals surface area contributed by atoms with Crippen LogP contribution >= 0.6 is 11.8 Å². The van der Waals surface area contributed by atoms with Crippen molar-refractivity contribution >= 4 is 17.8 Å². The van der Waals surface area contributed by atoms with Crippen LogP contribution in [0.25, 0.3) is 11.8 Å². The maximum Gasteiger partial charge on any atom is 0.196 e. The molecule has 0 aliphatic rings. The summed E-state index contributed by atoms with van der Waals surface area (Å²) in [7, 11) is 0. The zero-order valence-electron chi connectivity index (χ0n) is 13.3. The van der Waals surface area contributed by atoms with E-state index in [1.165, 1.54) is 11.1 Å². The molecule has 0 aliphatic carbocycles. The van der Waals surface area contributed by atoms with Crippen LogP contribution in [0.15, 0.2) is 65.8 Å². The van der Waals surface area contributed by atoms with Crippen LogP contribution in [0.5, 0.6) is 0 Å². The van der Waals surface area contributed by atoms with Crippen LogP contribution in [0.2, 0.25) is 0 Å². The SMILES string of the molecule is Cc1ccccc1-n1c(C)nnc1SCC=Cc1ccccc1. The van der Waals surface area contributed by atoms with E-state index in [1.807, 2.05) is 37.3 Å². The Morgan fingerprint density at radius 2 is 1.70 bits per heavy atom. The molecule has 0 radical (unpaired) electrons. The molecule has 3 rings (SSSR count). The molecular formula is C19H19N3S. The first-order valence-corrected chi connectivity index (χ1v) is 8.56. The Hall–Kier alpha value is -2.33. The summed E-state index contributed by atoms with van der Waals surface area (Å²) in [5.74, 6) is 1.77. The molecule has 0 aliphatic heterocycles. The van der Waals surface area contributed by atoms with Gasteiger partial charge in [0.25, 0.3) is 0 Å². The monoisotopic (exact) mass is 321 g/mol. The highest BCUT2D eigenvalue weighted by Gasteiger charge is 2.12. The second-order valence-corrected chi connectivity index (χ2v) is 6.26. The van der Waals surface area contributed by atoms with Gasteiger partial charge in [0, 0.05) is 5.75 Å². The highest BCUT2D eigenvalue weighted by Crippen LogP contribution is 2.24. The van der Waals surface area contributed by atoms with Gasteiger partial charge in [0.15, 0.2) is 5.16 Å². The zero-order valence-corrected chi connectivity index (χ0v) is 14.1. The Kier molecular flexibility index (Phi) is 4.93. The summed E-state index contributed by atoms with van der Waals surface area (Å²) in [5.41, 5.74) is 3.58. The highest BCUT2D eigenvalue weighted by molar-refractivity contribution is 7.99. The van der Waals surface area contributed by atoms with Crippen molar-refractivity contribution in [3.05, 3.63) is 77.6 Å². The zero-order chi connectivity index (χ0) is 16.1.